The number of amides is 1. The van der Waals surface area contributed by atoms with Crippen LogP contribution in [0, 0.1) is 6.92 Å². The molecular weight excluding hydrogens is 334 g/mol. The second-order valence-electron chi connectivity index (χ2n) is 6.79. The number of fused-ring (bicyclic) bond motifs is 1. The Kier molecular flexibility index (Phi) is 4.71. The summed E-state index contributed by atoms with van der Waals surface area (Å²) in [6.45, 7) is 3.76. The molecule has 0 aromatic heterocycles. The van der Waals surface area contributed by atoms with Gasteiger partial charge >= 0.3 is 0 Å². The van der Waals surface area contributed by atoms with Crippen LogP contribution < -0.4 is 10.3 Å². The minimum absolute atomic E-state index is 0.211. The highest BCUT2D eigenvalue weighted by atomic mass is 16.2. The molecule has 4 heteroatoms. The Morgan fingerprint density at radius 1 is 0.963 bits per heavy atom. The molecule has 1 aliphatic heterocycles. The average molecular weight is 355 g/mol. The number of anilines is 1. The quantitative estimate of drug-likeness (QED) is 0.561. The summed E-state index contributed by atoms with van der Waals surface area (Å²) in [6.07, 6.45) is 1.66. The van der Waals surface area contributed by atoms with Crippen LogP contribution in [0.3, 0.4) is 0 Å². The van der Waals surface area contributed by atoms with Crippen LogP contribution in [0.2, 0.25) is 0 Å². The molecule has 0 bridgehead atoms. The molecule has 0 radical (unpaired) electrons. The van der Waals surface area contributed by atoms with Crippen molar-refractivity contribution in [1.29, 1.82) is 0 Å². The van der Waals surface area contributed by atoms with Crippen LogP contribution in [-0.4, -0.2) is 12.1 Å². The molecule has 0 spiro atoms. The molecule has 4 nitrogen and oxygen atoms in total. The molecule has 1 amide bonds. The zero-order valence-electron chi connectivity index (χ0n) is 15.2. The molecule has 3 aromatic rings. The number of carbonyl (C=O) groups excluding carboxylic acids is 1. The lowest BCUT2D eigenvalue weighted by molar-refractivity contribution is 0.0955. The van der Waals surface area contributed by atoms with Gasteiger partial charge in [-0.3, -0.25) is 4.79 Å². The molecule has 0 unspecified atom stereocenters. The van der Waals surface area contributed by atoms with Crippen LogP contribution in [-0.2, 0) is 13.1 Å². The normalized spacial score (nSPS) is 13.0. The summed E-state index contributed by atoms with van der Waals surface area (Å²) in [6, 6.07) is 24.1. The van der Waals surface area contributed by atoms with Crippen molar-refractivity contribution in [2.24, 2.45) is 5.10 Å². The van der Waals surface area contributed by atoms with Gasteiger partial charge in [-0.1, -0.05) is 60.2 Å². The largest absolute Gasteiger partial charge is 0.363 e. The van der Waals surface area contributed by atoms with E-state index in [2.05, 4.69) is 39.7 Å². The van der Waals surface area contributed by atoms with E-state index in [4.69, 9.17) is 0 Å². The molecule has 1 aliphatic rings. The summed E-state index contributed by atoms with van der Waals surface area (Å²) < 4.78 is 0. The Morgan fingerprint density at radius 2 is 1.70 bits per heavy atom. The lowest BCUT2D eigenvalue weighted by atomic mass is 10.1. The lowest BCUT2D eigenvalue weighted by Crippen LogP contribution is -2.19. The molecule has 0 saturated carbocycles. The number of hydrogen-bond acceptors (Lipinski definition) is 3. The van der Waals surface area contributed by atoms with Crippen LogP contribution in [0.4, 0.5) is 5.69 Å². The molecule has 0 aliphatic carbocycles. The summed E-state index contributed by atoms with van der Waals surface area (Å²) in [5.41, 5.74) is 9.06. The van der Waals surface area contributed by atoms with E-state index in [1.54, 1.807) is 6.21 Å². The number of hydrogen-bond donors (Lipinski definition) is 1. The van der Waals surface area contributed by atoms with E-state index in [-0.39, 0.29) is 5.91 Å². The van der Waals surface area contributed by atoms with Crippen molar-refractivity contribution < 1.29 is 4.79 Å². The van der Waals surface area contributed by atoms with Crippen molar-refractivity contribution in [3.63, 3.8) is 0 Å². The summed E-state index contributed by atoms with van der Waals surface area (Å²) in [4.78, 5) is 14.7. The fraction of sp³-hybridized carbons (Fsp3) is 0.130. The number of carbonyl (C=O) groups is 1. The first kappa shape index (κ1) is 17.0. The highest BCUT2D eigenvalue weighted by Gasteiger charge is 2.19. The third-order valence-electron chi connectivity index (χ3n) is 4.74. The molecular formula is C23H21N3O. The van der Waals surface area contributed by atoms with Crippen molar-refractivity contribution in [2.75, 3.05) is 4.90 Å². The SMILES string of the molecule is Cc1cccc(/C=N\NC(=O)c2cccc(N3Cc4ccccc4C3)c2)c1. The second-order valence-corrected chi connectivity index (χ2v) is 6.79. The Bertz CT molecular complexity index is 985. The van der Waals surface area contributed by atoms with Gasteiger partial charge in [-0.05, 0) is 41.8 Å². The van der Waals surface area contributed by atoms with Gasteiger partial charge in [-0.25, -0.2) is 5.43 Å². The fourth-order valence-electron chi connectivity index (χ4n) is 3.34. The molecule has 27 heavy (non-hydrogen) atoms. The Hall–Kier alpha value is -3.40. The average Bonchev–Trinajstić information content (AvgIpc) is 3.12. The van der Waals surface area contributed by atoms with Crippen molar-refractivity contribution in [1.82, 2.24) is 5.43 Å². The zero-order chi connectivity index (χ0) is 18.6. The monoisotopic (exact) mass is 355 g/mol. The van der Waals surface area contributed by atoms with Gasteiger partial charge in [0, 0.05) is 24.3 Å². The number of hydrazone groups is 1. The van der Waals surface area contributed by atoms with Crippen molar-refractivity contribution >= 4 is 17.8 Å². The van der Waals surface area contributed by atoms with Crippen molar-refractivity contribution in [3.05, 3.63) is 101 Å². The van der Waals surface area contributed by atoms with Gasteiger partial charge in [0.1, 0.15) is 0 Å². The van der Waals surface area contributed by atoms with E-state index in [1.807, 2.05) is 55.5 Å². The van der Waals surface area contributed by atoms with E-state index in [1.165, 1.54) is 11.1 Å². The van der Waals surface area contributed by atoms with Gasteiger partial charge in [0.15, 0.2) is 0 Å². The maximum atomic E-state index is 12.4. The number of rotatable bonds is 4. The van der Waals surface area contributed by atoms with Gasteiger partial charge < -0.3 is 4.90 Å². The molecule has 0 fully saturated rings. The van der Waals surface area contributed by atoms with Gasteiger partial charge in [0.2, 0.25) is 0 Å². The van der Waals surface area contributed by atoms with Crippen LogP contribution >= 0.6 is 0 Å². The van der Waals surface area contributed by atoms with Gasteiger partial charge in [-0.2, -0.15) is 5.10 Å². The summed E-state index contributed by atoms with van der Waals surface area (Å²) in [5, 5.41) is 4.08. The molecule has 4 rings (SSSR count). The number of nitrogens with zero attached hydrogens (tertiary/aromatic N) is 2. The molecule has 0 saturated heterocycles. The number of benzene rings is 3. The fourth-order valence-corrected chi connectivity index (χ4v) is 3.34. The summed E-state index contributed by atoms with van der Waals surface area (Å²) in [7, 11) is 0. The molecule has 3 aromatic carbocycles. The third kappa shape index (κ3) is 3.90. The van der Waals surface area contributed by atoms with Crippen LogP contribution in [0.25, 0.3) is 0 Å². The van der Waals surface area contributed by atoms with Crippen LogP contribution in [0.15, 0.2) is 77.9 Å². The summed E-state index contributed by atoms with van der Waals surface area (Å²) in [5.74, 6) is -0.211. The van der Waals surface area contributed by atoms with E-state index in [0.29, 0.717) is 5.56 Å². The first-order chi connectivity index (χ1) is 13.2. The smallest absolute Gasteiger partial charge is 0.271 e. The Morgan fingerprint density at radius 3 is 2.44 bits per heavy atom. The highest BCUT2D eigenvalue weighted by molar-refractivity contribution is 5.95. The zero-order valence-corrected chi connectivity index (χ0v) is 15.2. The molecule has 1 heterocycles. The maximum Gasteiger partial charge on any atom is 0.271 e. The first-order valence-corrected chi connectivity index (χ1v) is 9.01. The predicted molar refractivity (Wildman–Crippen MR) is 109 cm³/mol. The third-order valence-corrected chi connectivity index (χ3v) is 4.74. The van der Waals surface area contributed by atoms with Gasteiger partial charge in [-0.15, -0.1) is 0 Å². The van der Waals surface area contributed by atoms with E-state index >= 15 is 0 Å². The van der Waals surface area contributed by atoms with Crippen molar-refractivity contribution in [3.8, 4) is 0 Å². The summed E-state index contributed by atoms with van der Waals surface area (Å²) >= 11 is 0. The minimum atomic E-state index is -0.211. The van der Waals surface area contributed by atoms with E-state index in [9.17, 15) is 4.79 Å². The first-order valence-electron chi connectivity index (χ1n) is 9.01. The molecule has 134 valence electrons. The molecule has 1 N–H and O–H groups in total. The van der Waals surface area contributed by atoms with E-state index < -0.39 is 0 Å². The minimum Gasteiger partial charge on any atom is -0.363 e. The van der Waals surface area contributed by atoms with Gasteiger partial charge in [0.05, 0.1) is 6.21 Å². The standard InChI is InChI=1S/C23H21N3O/c1-17-6-4-7-18(12-17)14-24-25-23(27)19-10-5-11-22(13-19)26-15-20-8-2-3-9-21(20)16-26/h2-14H,15-16H2,1H3,(H,25,27)/b24-14-. The van der Waals surface area contributed by atoms with Crippen LogP contribution in [0.5, 0.6) is 0 Å². The maximum absolute atomic E-state index is 12.4. The number of nitrogens with one attached hydrogen (secondary N) is 1. The lowest BCUT2D eigenvalue weighted by Gasteiger charge is -2.18. The highest BCUT2D eigenvalue weighted by Crippen LogP contribution is 2.28. The Labute approximate surface area is 159 Å². The second kappa shape index (κ2) is 7.46. The van der Waals surface area contributed by atoms with Gasteiger partial charge in [0.25, 0.3) is 5.91 Å². The Balaban J connectivity index is 1.44. The predicted octanol–water partition coefficient (Wildman–Crippen LogP) is 4.28. The van der Waals surface area contributed by atoms with Crippen molar-refractivity contribution in [2.45, 2.75) is 20.0 Å². The number of aryl methyl sites for hydroxylation is 1. The van der Waals surface area contributed by atoms with E-state index in [0.717, 1.165) is 29.9 Å². The molecule has 0 atom stereocenters. The topological polar surface area (TPSA) is 44.7 Å². The van der Waals surface area contributed by atoms with Crippen LogP contribution in [0.1, 0.15) is 32.6 Å².